The molecular formula is C59H110O10. The summed E-state index contributed by atoms with van der Waals surface area (Å²) in [5.74, 6) is -0.791. The molecule has 1 fully saturated rings. The van der Waals surface area contributed by atoms with Gasteiger partial charge in [-0.05, 0) is 44.9 Å². The number of aliphatic hydroxyl groups is 4. The van der Waals surface area contributed by atoms with Gasteiger partial charge in [0, 0.05) is 12.8 Å². The van der Waals surface area contributed by atoms with Crippen LogP contribution in [0.2, 0.25) is 0 Å². The lowest BCUT2D eigenvalue weighted by Gasteiger charge is -2.39. The van der Waals surface area contributed by atoms with Gasteiger partial charge in [0.15, 0.2) is 12.4 Å². The van der Waals surface area contributed by atoms with Crippen LogP contribution in [0.25, 0.3) is 0 Å². The van der Waals surface area contributed by atoms with Crippen LogP contribution in [0.5, 0.6) is 0 Å². The molecule has 0 aromatic heterocycles. The Labute approximate surface area is 423 Å². The number of hydrogen-bond acceptors (Lipinski definition) is 10. The largest absolute Gasteiger partial charge is 0.462 e. The van der Waals surface area contributed by atoms with Crippen LogP contribution in [0.4, 0.5) is 0 Å². The number of ether oxygens (including phenoxy) is 4. The fourth-order valence-electron chi connectivity index (χ4n) is 9.22. The van der Waals surface area contributed by atoms with Gasteiger partial charge in [0.1, 0.15) is 31.0 Å². The molecule has 1 aliphatic rings. The van der Waals surface area contributed by atoms with Crippen LogP contribution in [0.1, 0.15) is 284 Å². The molecule has 4 N–H and O–H groups in total. The molecule has 1 saturated heterocycles. The molecule has 0 saturated carbocycles. The summed E-state index contributed by atoms with van der Waals surface area (Å²) in [6, 6.07) is 0. The first kappa shape index (κ1) is 65.2. The smallest absolute Gasteiger partial charge is 0.306 e. The molecule has 0 amide bonds. The van der Waals surface area contributed by atoms with Gasteiger partial charge in [0.2, 0.25) is 0 Å². The molecule has 0 aromatic rings. The summed E-state index contributed by atoms with van der Waals surface area (Å²) in [7, 11) is 0. The topological polar surface area (TPSA) is 152 Å². The average Bonchev–Trinajstić information content (AvgIpc) is 3.35. The molecule has 69 heavy (non-hydrogen) atoms. The molecule has 0 aromatic carbocycles. The molecule has 10 nitrogen and oxygen atoms in total. The Morgan fingerprint density at radius 2 is 0.812 bits per heavy atom. The summed E-state index contributed by atoms with van der Waals surface area (Å²) in [4.78, 5) is 25.6. The molecule has 6 unspecified atom stereocenters. The maximum Gasteiger partial charge on any atom is 0.306 e. The van der Waals surface area contributed by atoms with E-state index in [4.69, 9.17) is 18.9 Å². The normalized spacial score (nSPS) is 19.0. The van der Waals surface area contributed by atoms with Crippen LogP contribution in [0.15, 0.2) is 24.3 Å². The van der Waals surface area contributed by atoms with E-state index in [0.29, 0.717) is 6.42 Å². The lowest BCUT2D eigenvalue weighted by Crippen LogP contribution is -2.59. The van der Waals surface area contributed by atoms with Crippen LogP contribution in [-0.2, 0) is 28.5 Å². The van der Waals surface area contributed by atoms with Crippen molar-refractivity contribution in [3.63, 3.8) is 0 Å². The van der Waals surface area contributed by atoms with Gasteiger partial charge in [-0.25, -0.2) is 0 Å². The molecular weight excluding hydrogens is 869 g/mol. The predicted molar refractivity (Wildman–Crippen MR) is 284 cm³/mol. The van der Waals surface area contributed by atoms with Crippen LogP contribution in [0.3, 0.4) is 0 Å². The zero-order valence-corrected chi connectivity index (χ0v) is 44.8. The third-order valence-corrected chi connectivity index (χ3v) is 13.8. The first-order chi connectivity index (χ1) is 33.8. The lowest BCUT2D eigenvalue weighted by atomic mass is 9.99. The Morgan fingerprint density at radius 1 is 0.449 bits per heavy atom. The van der Waals surface area contributed by atoms with Crippen molar-refractivity contribution < 1.29 is 49.0 Å². The van der Waals surface area contributed by atoms with Crippen molar-refractivity contribution in [2.24, 2.45) is 0 Å². The first-order valence-electron chi connectivity index (χ1n) is 29.4. The number of unbranched alkanes of at least 4 members (excludes halogenated alkanes) is 36. The van der Waals surface area contributed by atoms with Crippen molar-refractivity contribution in [3.8, 4) is 0 Å². The number of allylic oxidation sites excluding steroid dienone is 4. The number of carbonyl (C=O) groups is 2. The van der Waals surface area contributed by atoms with Crippen LogP contribution < -0.4 is 0 Å². The van der Waals surface area contributed by atoms with Crippen molar-refractivity contribution >= 4 is 11.9 Å². The Hall–Kier alpha value is -1.82. The molecule has 1 rings (SSSR count). The Kier molecular flexibility index (Phi) is 47.0. The number of carbonyl (C=O) groups excluding carboxylic acids is 2. The van der Waals surface area contributed by atoms with Gasteiger partial charge in [0.05, 0.1) is 13.2 Å². The number of rotatable bonds is 51. The van der Waals surface area contributed by atoms with E-state index in [1.54, 1.807) is 0 Å². The zero-order chi connectivity index (χ0) is 50.1. The minimum atomic E-state index is -1.59. The van der Waals surface area contributed by atoms with E-state index >= 15 is 0 Å². The highest BCUT2D eigenvalue weighted by Gasteiger charge is 2.44. The molecule has 0 spiro atoms. The van der Waals surface area contributed by atoms with Gasteiger partial charge in [0.25, 0.3) is 0 Å². The fourth-order valence-corrected chi connectivity index (χ4v) is 9.22. The molecule has 0 aliphatic carbocycles. The van der Waals surface area contributed by atoms with Gasteiger partial charge in [-0.1, -0.05) is 250 Å². The van der Waals surface area contributed by atoms with E-state index in [1.165, 1.54) is 205 Å². The Morgan fingerprint density at radius 3 is 1.20 bits per heavy atom. The van der Waals surface area contributed by atoms with E-state index < -0.39 is 49.4 Å². The van der Waals surface area contributed by atoms with Crippen LogP contribution in [0, 0.1) is 0 Å². The van der Waals surface area contributed by atoms with E-state index in [2.05, 4.69) is 38.2 Å². The lowest BCUT2D eigenvalue weighted by molar-refractivity contribution is -0.305. The number of esters is 2. The molecule has 1 heterocycles. The van der Waals surface area contributed by atoms with Crippen molar-refractivity contribution in [1.82, 2.24) is 0 Å². The second-order valence-corrected chi connectivity index (χ2v) is 20.5. The summed E-state index contributed by atoms with van der Waals surface area (Å²) < 4.78 is 22.3. The fraction of sp³-hybridized carbons (Fsp3) is 0.898. The average molecular weight is 980 g/mol. The molecule has 1 aliphatic heterocycles. The van der Waals surface area contributed by atoms with Crippen molar-refractivity contribution in [2.75, 3.05) is 19.8 Å². The van der Waals surface area contributed by atoms with Crippen molar-refractivity contribution in [2.45, 2.75) is 320 Å². The molecule has 406 valence electrons. The summed E-state index contributed by atoms with van der Waals surface area (Å²) >= 11 is 0. The second kappa shape index (κ2) is 49.7. The highest BCUT2D eigenvalue weighted by atomic mass is 16.7. The molecule has 6 atom stereocenters. The second-order valence-electron chi connectivity index (χ2n) is 20.5. The highest BCUT2D eigenvalue weighted by Crippen LogP contribution is 2.23. The maximum atomic E-state index is 12.9. The third kappa shape index (κ3) is 40.4. The SMILES string of the molecule is CCCCCCC/C=C\C/C=C\CCCCCCCCCCCCCC(=O)OC(COC(=O)CCCCCCCCCCCCCCCCCCCCCCC)COC1OC(CO)C(O)C(O)C1O. The van der Waals surface area contributed by atoms with Crippen LogP contribution >= 0.6 is 0 Å². The van der Waals surface area contributed by atoms with Gasteiger partial charge < -0.3 is 39.4 Å². The standard InChI is InChI=1S/C59H110O10/c1-3-5-7-9-11-13-15-17-19-21-23-25-26-28-30-32-34-36-38-40-42-44-46-48-55(62)68-52(51-67-59-58(65)57(64)56(63)53(49-60)69-59)50-66-54(61)47-45-43-41-39-37-35-33-31-29-27-24-22-20-18-16-14-12-10-8-6-4-2/h15,17,21,23,52-53,56-60,63-65H,3-14,16,18-20,22,24-51H2,1-2H3/b17-15-,23-21-. The highest BCUT2D eigenvalue weighted by molar-refractivity contribution is 5.70. The van der Waals surface area contributed by atoms with Gasteiger partial charge >= 0.3 is 11.9 Å². The summed E-state index contributed by atoms with van der Waals surface area (Å²) in [5.41, 5.74) is 0. The van der Waals surface area contributed by atoms with Crippen molar-refractivity contribution in [3.05, 3.63) is 24.3 Å². The summed E-state index contributed by atoms with van der Waals surface area (Å²) in [5, 5.41) is 40.3. The number of hydrogen-bond donors (Lipinski definition) is 4. The third-order valence-electron chi connectivity index (χ3n) is 13.8. The molecule has 0 bridgehead atoms. The van der Waals surface area contributed by atoms with E-state index in [1.807, 2.05) is 0 Å². The minimum absolute atomic E-state index is 0.213. The Balaban J connectivity index is 2.19. The Bertz CT molecular complexity index is 1180. The first-order valence-corrected chi connectivity index (χ1v) is 29.4. The molecule has 0 radical (unpaired) electrons. The van der Waals surface area contributed by atoms with Crippen LogP contribution in [-0.4, -0.2) is 89.0 Å². The minimum Gasteiger partial charge on any atom is -0.462 e. The number of aliphatic hydroxyl groups excluding tert-OH is 4. The van der Waals surface area contributed by atoms with Gasteiger partial charge in [-0.15, -0.1) is 0 Å². The van der Waals surface area contributed by atoms with Gasteiger partial charge in [-0.2, -0.15) is 0 Å². The zero-order valence-electron chi connectivity index (χ0n) is 44.8. The summed E-state index contributed by atoms with van der Waals surface area (Å²) in [6.07, 6.45) is 51.9. The maximum absolute atomic E-state index is 12.9. The van der Waals surface area contributed by atoms with Gasteiger partial charge in [-0.3, -0.25) is 9.59 Å². The van der Waals surface area contributed by atoms with E-state index in [0.717, 1.165) is 44.9 Å². The predicted octanol–water partition coefficient (Wildman–Crippen LogP) is 14.8. The van der Waals surface area contributed by atoms with E-state index in [9.17, 15) is 30.0 Å². The quantitative estimate of drug-likeness (QED) is 0.0263. The monoisotopic (exact) mass is 979 g/mol. The molecule has 10 heteroatoms. The van der Waals surface area contributed by atoms with E-state index in [-0.39, 0.29) is 32.0 Å². The van der Waals surface area contributed by atoms with Crippen molar-refractivity contribution in [1.29, 1.82) is 0 Å². The summed E-state index contributed by atoms with van der Waals surface area (Å²) in [6.45, 7) is 3.47.